The summed E-state index contributed by atoms with van der Waals surface area (Å²) in [7, 11) is 1.60. The van der Waals surface area contributed by atoms with Crippen molar-refractivity contribution in [1.82, 2.24) is 15.3 Å². The second-order valence-electron chi connectivity index (χ2n) is 4.72. The summed E-state index contributed by atoms with van der Waals surface area (Å²) in [6.07, 6.45) is 2.26. The number of hydrogen-bond donors (Lipinski definition) is 2. The SMILES string of the molecule is CCC(COC)NC(=O)c1nc(C(C)C)ncc1N. The fraction of sp³-hybridized carbons (Fsp3) is 0.615. The number of nitrogen functional groups attached to an aromatic ring is 1. The minimum Gasteiger partial charge on any atom is -0.396 e. The highest BCUT2D eigenvalue weighted by Gasteiger charge is 2.17. The first-order valence-electron chi connectivity index (χ1n) is 6.41. The first-order valence-corrected chi connectivity index (χ1v) is 6.41. The van der Waals surface area contributed by atoms with E-state index in [1.807, 2.05) is 20.8 Å². The fourth-order valence-corrected chi connectivity index (χ4v) is 1.58. The Bertz CT molecular complexity index is 435. The number of anilines is 1. The maximum Gasteiger partial charge on any atom is 0.272 e. The minimum atomic E-state index is -0.286. The summed E-state index contributed by atoms with van der Waals surface area (Å²) in [5, 5.41) is 2.86. The van der Waals surface area contributed by atoms with Crippen LogP contribution in [0.5, 0.6) is 0 Å². The van der Waals surface area contributed by atoms with Crippen molar-refractivity contribution in [3.63, 3.8) is 0 Å². The zero-order valence-electron chi connectivity index (χ0n) is 11.9. The average Bonchev–Trinajstić information content (AvgIpc) is 2.38. The molecule has 6 heteroatoms. The number of carbonyl (C=O) groups is 1. The molecule has 1 unspecified atom stereocenters. The molecule has 0 aromatic carbocycles. The molecule has 0 bridgehead atoms. The van der Waals surface area contributed by atoms with Crippen LogP contribution in [-0.2, 0) is 4.74 Å². The number of rotatable bonds is 6. The van der Waals surface area contributed by atoms with Gasteiger partial charge in [-0.1, -0.05) is 20.8 Å². The number of carbonyl (C=O) groups excluding carboxylic acids is 1. The van der Waals surface area contributed by atoms with Crippen LogP contribution < -0.4 is 11.1 Å². The van der Waals surface area contributed by atoms with Crippen molar-refractivity contribution in [2.24, 2.45) is 0 Å². The lowest BCUT2D eigenvalue weighted by Crippen LogP contribution is -2.38. The third-order valence-electron chi connectivity index (χ3n) is 2.76. The summed E-state index contributed by atoms with van der Waals surface area (Å²) in [6, 6.07) is -0.0469. The molecule has 0 aliphatic carbocycles. The van der Waals surface area contributed by atoms with Crippen LogP contribution in [0, 0.1) is 0 Å². The Balaban J connectivity index is 2.89. The number of aromatic nitrogens is 2. The number of hydrogen-bond acceptors (Lipinski definition) is 5. The summed E-state index contributed by atoms with van der Waals surface area (Å²) >= 11 is 0. The first-order chi connectivity index (χ1) is 8.99. The van der Waals surface area contributed by atoms with Crippen molar-refractivity contribution >= 4 is 11.6 Å². The van der Waals surface area contributed by atoms with Crippen LogP contribution >= 0.6 is 0 Å². The molecule has 1 amide bonds. The molecule has 0 aliphatic heterocycles. The van der Waals surface area contributed by atoms with Crippen LogP contribution in [-0.4, -0.2) is 35.6 Å². The van der Waals surface area contributed by atoms with Crippen molar-refractivity contribution in [3.8, 4) is 0 Å². The topological polar surface area (TPSA) is 90.1 Å². The van der Waals surface area contributed by atoms with Crippen LogP contribution in [0.15, 0.2) is 6.20 Å². The molecule has 106 valence electrons. The molecule has 1 aromatic heterocycles. The number of ether oxygens (including phenoxy) is 1. The van der Waals surface area contributed by atoms with E-state index in [0.717, 1.165) is 6.42 Å². The van der Waals surface area contributed by atoms with E-state index in [4.69, 9.17) is 10.5 Å². The maximum atomic E-state index is 12.1. The van der Waals surface area contributed by atoms with E-state index in [1.165, 1.54) is 6.20 Å². The van der Waals surface area contributed by atoms with Gasteiger partial charge in [-0.05, 0) is 6.42 Å². The molecule has 6 nitrogen and oxygen atoms in total. The van der Waals surface area contributed by atoms with Crippen LogP contribution in [0.25, 0.3) is 0 Å². The second-order valence-corrected chi connectivity index (χ2v) is 4.72. The lowest BCUT2D eigenvalue weighted by molar-refractivity contribution is 0.0890. The van der Waals surface area contributed by atoms with E-state index in [-0.39, 0.29) is 29.2 Å². The van der Waals surface area contributed by atoms with Crippen molar-refractivity contribution < 1.29 is 9.53 Å². The molecule has 1 atom stereocenters. The molecule has 3 N–H and O–H groups in total. The summed E-state index contributed by atoms with van der Waals surface area (Å²) in [4.78, 5) is 20.5. The standard InChI is InChI=1S/C13H22N4O2/c1-5-9(7-19-4)16-13(18)11-10(14)6-15-12(17-11)8(2)3/h6,8-9H,5,7,14H2,1-4H3,(H,16,18). The van der Waals surface area contributed by atoms with E-state index in [2.05, 4.69) is 15.3 Å². The van der Waals surface area contributed by atoms with E-state index < -0.39 is 0 Å². The monoisotopic (exact) mass is 266 g/mol. The Morgan fingerprint density at radius 2 is 2.21 bits per heavy atom. The van der Waals surface area contributed by atoms with Gasteiger partial charge in [0.05, 0.1) is 24.5 Å². The van der Waals surface area contributed by atoms with Gasteiger partial charge in [0.15, 0.2) is 5.69 Å². The van der Waals surface area contributed by atoms with Crippen LogP contribution in [0.3, 0.4) is 0 Å². The predicted octanol–water partition coefficient (Wildman–Crippen LogP) is 1.34. The summed E-state index contributed by atoms with van der Waals surface area (Å²) in [6.45, 7) is 6.37. The largest absolute Gasteiger partial charge is 0.396 e. The number of methoxy groups -OCH3 is 1. The highest BCUT2D eigenvalue weighted by molar-refractivity contribution is 5.97. The Labute approximate surface area is 113 Å². The Morgan fingerprint density at radius 3 is 2.74 bits per heavy atom. The first kappa shape index (κ1) is 15.4. The summed E-state index contributed by atoms with van der Waals surface area (Å²) < 4.78 is 5.05. The molecule has 1 heterocycles. The van der Waals surface area contributed by atoms with E-state index >= 15 is 0 Å². The van der Waals surface area contributed by atoms with Crippen molar-refractivity contribution in [2.75, 3.05) is 19.5 Å². The molecule has 0 radical (unpaired) electrons. The van der Waals surface area contributed by atoms with Gasteiger partial charge in [-0.2, -0.15) is 0 Å². The summed E-state index contributed by atoms with van der Waals surface area (Å²) in [5.74, 6) is 0.470. The number of amides is 1. The average molecular weight is 266 g/mol. The lowest BCUT2D eigenvalue weighted by atomic mass is 10.2. The molecule has 0 saturated carbocycles. The third-order valence-corrected chi connectivity index (χ3v) is 2.76. The molecule has 0 saturated heterocycles. The molecule has 19 heavy (non-hydrogen) atoms. The van der Waals surface area contributed by atoms with Gasteiger partial charge in [0.25, 0.3) is 5.91 Å². The van der Waals surface area contributed by atoms with Crippen LogP contribution in [0.1, 0.15) is 49.4 Å². The molecule has 0 aliphatic rings. The van der Waals surface area contributed by atoms with Gasteiger partial charge in [-0.25, -0.2) is 9.97 Å². The fourth-order valence-electron chi connectivity index (χ4n) is 1.58. The molecule has 0 spiro atoms. The van der Waals surface area contributed by atoms with E-state index in [9.17, 15) is 4.79 Å². The summed E-state index contributed by atoms with van der Waals surface area (Å²) in [5.41, 5.74) is 6.28. The zero-order valence-corrected chi connectivity index (χ0v) is 11.9. The highest BCUT2D eigenvalue weighted by atomic mass is 16.5. The molecular formula is C13H22N4O2. The normalized spacial score (nSPS) is 12.5. The van der Waals surface area contributed by atoms with Gasteiger partial charge in [-0.3, -0.25) is 4.79 Å². The Morgan fingerprint density at radius 1 is 1.53 bits per heavy atom. The molecule has 0 fully saturated rings. The number of nitrogens with zero attached hydrogens (tertiary/aromatic N) is 2. The van der Waals surface area contributed by atoms with Crippen molar-refractivity contribution in [3.05, 3.63) is 17.7 Å². The van der Waals surface area contributed by atoms with Gasteiger partial charge in [0.1, 0.15) is 5.82 Å². The van der Waals surface area contributed by atoms with Gasteiger partial charge >= 0.3 is 0 Å². The Kier molecular flexibility index (Phi) is 5.69. The van der Waals surface area contributed by atoms with E-state index in [0.29, 0.717) is 12.4 Å². The maximum absolute atomic E-state index is 12.1. The number of nitrogens with one attached hydrogen (secondary N) is 1. The quantitative estimate of drug-likeness (QED) is 0.810. The predicted molar refractivity (Wildman–Crippen MR) is 74.0 cm³/mol. The van der Waals surface area contributed by atoms with E-state index in [1.54, 1.807) is 7.11 Å². The highest BCUT2D eigenvalue weighted by Crippen LogP contribution is 2.13. The zero-order chi connectivity index (χ0) is 14.4. The van der Waals surface area contributed by atoms with Crippen molar-refractivity contribution in [1.29, 1.82) is 0 Å². The van der Waals surface area contributed by atoms with Crippen LogP contribution in [0.2, 0.25) is 0 Å². The molecule has 1 rings (SSSR count). The van der Waals surface area contributed by atoms with Gasteiger partial charge in [0, 0.05) is 13.0 Å². The second kappa shape index (κ2) is 7.04. The number of nitrogens with two attached hydrogens (primary N) is 1. The van der Waals surface area contributed by atoms with Crippen LogP contribution in [0.4, 0.5) is 5.69 Å². The third kappa shape index (κ3) is 4.17. The minimum absolute atomic E-state index is 0.0469. The van der Waals surface area contributed by atoms with Gasteiger partial charge in [0.2, 0.25) is 0 Å². The smallest absolute Gasteiger partial charge is 0.272 e. The van der Waals surface area contributed by atoms with Gasteiger partial charge in [-0.15, -0.1) is 0 Å². The lowest BCUT2D eigenvalue weighted by Gasteiger charge is -2.16. The molecule has 1 aromatic rings. The van der Waals surface area contributed by atoms with Crippen molar-refractivity contribution in [2.45, 2.75) is 39.2 Å². The Hall–Kier alpha value is -1.69. The van der Waals surface area contributed by atoms with Gasteiger partial charge < -0.3 is 15.8 Å². The molecular weight excluding hydrogens is 244 g/mol.